The van der Waals surface area contributed by atoms with Gasteiger partial charge >= 0.3 is 6.18 Å². The van der Waals surface area contributed by atoms with Gasteiger partial charge in [0.05, 0.1) is 36.4 Å². The summed E-state index contributed by atoms with van der Waals surface area (Å²) in [6, 6.07) is 8.43. The number of fused-ring (bicyclic) bond motifs is 1. The van der Waals surface area contributed by atoms with Crippen molar-refractivity contribution in [3.05, 3.63) is 59.4 Å². The summed E-state index contributed by atoms with van der Waals surface area (Å²) in [6.45, 7) is 8.30. The van der Waals surface area contributed by atoms with E-state index in [-0.39, 0.29) is 24.2 Å². The summed E-state index contributed by atoms with van der Waals surface area (Å²) in [7, 11) is 0. The number of hydrogen-bond acceptors (Lipinski definition) is 5. The Morgan fingerprint density at radius 2 is 1.74 bits per heavy atom. The number of carbonyl (C=O) groups is 1. The molecule has 2 N–H and O–H groups in total. The van der Waals surface area contributed by atoms with Crippen LogP contribution < -0.4 is 5.32 Å². The number of nitrogens with zero attached hydrogens (tertiary/aromatic N) is 2. The molecule has 2 aromatic carbocycles. The van der Waals surface area contributed by atoms with Gasteiger partial charge in [-0.15, -0.1) is 0 Å². The van der Waals surface area contributed by atoms with Crippen molar-refractivity contribution in [1.29, 1.82) is 0 Å². The number of amides is 1. The molecule has 7 nitrogen and oxygen atoms in total. The Hall–Kier alpha value is -2.54. The van der Waals surface area contributed by atoms with Gasteiger partial charge in [-0.2, -0.15) is 13.2 Å². The second-order valence-electron chi connectivity index (χ2n) is 9.34. The maximum absolute atomic E-state index is 13.9. The van der Waals surface area contributed by atoms with Crippen molar-refractivity contribution in [1.82, 2.24) is 9.55 Å². The molecule has 0 atom stereocenters. The number of nitrogens with one attached hydrogen (secondary N) is 1. The molecule has 1 fully saturated rings. The number of aromatic nitrogens is 2. The zero-order chi connectivity index (χ0) is 31.1. The molecule has 1 aromatic heterocycles. The summed E-state index contributed by atoms with van der Waals surface area (Å²) in [6.07, 6.45) is -1.18. The minimum absolute atomic E-state index is 0.00853. The zero-order valence-corrected chi connectivity index (χ0v) is 25.8. The normalized spacial score (nSPS) is 16.7. The van der Waals surface area contributed by atoms with Gasteiger partial charge in [0.2, 0.25) is 5.95 Å². The molecule has 234 valence electrons. The van der Waals surface area contributed by atoms with Crippen LogP contribution in [-0.2, 0) is 15.7 Å². The number of anilines is 1. The standard InChI is InChI=1S/C26H28BrF4N3O3.C2H6O.C2H6/c27-10-11-36-12-13-37-16-17-4-7-21(8-5-17)34-23-9-6-20(28)15-22(23)32-25(34)33-24(35)18-2-1-3-19(14-18)26(29,30)31;1-2-3;1-2/h1-3,6,9,14-15,17,21H,4-5,7-8,10-13,16H2,(H,32,33,35);3H,2H2,1H3;1-2H3. The lowest BCUT2D eigenvalue weighted by Crippen LogP contribution is -2.24. The van der Waals surface area contributed by atoms with E-state index in [0.29, 0.717) is 43.4 Å². The second kappa shape index (κ2) is 18.2. The Morgan fingerprint density at radius 1 is 1.07 bits per heavy atom. The fourth-order valence-corrected chi connectivity index (χ4v) is 4.86. The van der Waals surface area contributed by atoms with E-state index in [1.165, 1.54) is 24.3 Å². The van der Waals surface area contributed by atoms with Crippen molar-refractivity contribution in [2.24, 2.45) is 5.92 Å². The Kier molecular flexibility index (Phi) is 15.4. The maximum Gasteiger partial charge on any atom is 0.416 e. The lowest BCUT2D eigenvalue weighted by Gasteiger charge is -2.30. The third kappa shape index (κ3) is 10.6. The summed E-state index contributed by atoms with van der Waals surface area (Å²) in [5, 5.41) is 11.0. The van der Waals surface area contributed by atoms with Crippen molar-refractivity contribution in [3.63, 3.8) is 0 Å². The Morgan fingerprint density at radius 3 is 2.38 bits per heavy atom. The molecule has 1 heterocycles. The molecule has 42 heavy (non-hydrogen) atoms. The fraction of sp³-hybridized carbons (Fsp3) is 0.533. The third-order valence-corrected chi connectivity index (χ3v) is 6.78. The Balaban J connectivity index is 0.00000116. The number of carbonyl (C=O) groups excluding carboxylic acids is 1. The minimum atomic E-state index is -4.57. The van der Waals surface area contributed by atoms with Crippen LogP contribution in [-0.4, -0.2) is 58.9 Å². The van der Waals surface area contributed by atoms with Crippen molar-refractivity contribution in [2.75, 3.05) is 43.7 Å². The number of alkyl halides is 4. The first-order valence-corrected chi connectivity index (χ1v) is 15.3. The first-order chi connectivity index (χ1) is 20.2. The molecule has 4 rings (SSSR count). The highest BCUT2D eigenvalue weighted by atomic mass is 79.9. The Labute approximate surface area is 252 Å². The van der Waals surface area contributed by atoms with Gasteiger partial charge in [-0.25, -0.2) is 9.37 Å². The van der Waals surface area contributed by atoms with E-state index in [9.17, 15) is 22.4 Å². The van der Waals surface area contributed by atoms with Crippen LogP contribution in [0, 0.1) is 11.7 Å². The highest BCUT2D eigenvalue weighted by molar-refractivity contribution is 9.09. The number of aliphatic hydroxyl groups is 1. The van der Waals surface area contributed by atoms with Crippen LogP contribution in [0.15, 0.2) is 42.5 Å². The monoisotopic (exact) mass is 661 g/mol. The van der Waals surface area contributed by atoms with E-state index >= 15 is 0 Å². The number of hydrogen-bond donors (Lipinski definition) is 2. The molecule has 1 aliphatic rings. The molecule has 1 aliphatic carbocycles. The minimum Gasteiger partial charge on any atom is -0.397 e. The van der Waals surface area contributed by atoms with Gasteiger partial charge in [0, 0.05) is 36.2 Å². The molecule has 1 amide bonds. The highest BCUT2D eigenvalue weighted by Crippen LogP contribution is 2.37. The van der Waals surface area contributed by atoms with Crippen LogP contribution in [0.4, 0.5) is 23.5 Å². The summed E-state index contributed by atoms with van der Waals surface area (Å²) in [4.78, 5) is 17.3. The number of halogens is 5. The quantitative estimate of drug-likeness (QED) is 0.133. The van der Waals surface area contributed by atoms with E-state index in [1.54, 1.807) is 13.0 Å². The smallest absolute Gasteiger partial charge is 0.397 e. The van der Waals surface area contributed by atoms with Gasteiger partial charge in [-0.05, 0) is 68.9 Å². The summed E-state index contributed by atoms with van der Waals surface area (Å²) >= 11 is 3.31. The van der Waals surface area contributed by atoms with E-state index in [4.69, 9.17) is 14.6 Å². The van der Waals surface area contributed by atoms with Crippen LogP contribution >= 0.6 is 15.9 Å². The molecule has 0 unspecified atom stereocenters. The van der Waals surface area contributed by atoms with Crippen molar-refractivity contribution in [2.45, 2.75) is 58.7 Å². The van der Waals surface area contributed by atoms with Gasteiger partial charge in [-0.3, -0.25) is 10.1 Å². The van der Waals surface area contributed by atoms with Crippen LogP contribution in [0.2, 0.25) is 0 Å². The number of rotatable bonds is 10. The molecule has 3 aromatic rings. The lowest BCUT2D eigenvalue weighted by molar-refractivity contribution is -0.137. The van der Waals surface area contributed by atoms with Crippen molar-refractivity contribution in [3.8, 4) is 0 Å². The molecule has 0 radical (unpaired) electrons. The largest absolute Gasteiger partial charge is 0.416 e. The van der Waals surface area contributed by atoms with Gasteiger partial charge in [0.1, 0.15) is 5.82 Å². The van der Waals surface area contributed by atoms with Gasteiger partial charge in [0.15, 0.2) is 0 Å². The average Bonchev–Trinajstić information content (AvgIpc) is 3.33. The van der Waals surface area contributed by atoms with Crippen LogP contribution in [0.5, 0.6) is 0 Å². The van der Waals surface area contributed by atoms with Gasteiger partial charge < -0.3 is 19.1 Å². The van der Waals surface area contributed by atoms with Crippen molar-refractivity contribution >= 4 is 38.8 Å². The molecule has 1 saturated carbocycles. The molecular weight excluding hydrogens is 622 g/mol. The average molecular weight is 663 g/mol. The van der Waals surface area contributed by atoms with Crippen LogP contribution in [0.3, 0.4) is 0 Å². The first-order valence-electron chi connectivity index (χ1n) is 14.2. The number of aliphatic hydroxyl groups excluding tert-OH is 1. The SMILES string of the molecule is CC.CCO.O=C(Nc1nc2cc(F)ccc2n1C1CCC(COCCOCCBr)CC1)c1cccc(C(F)(F)F)c1. The summed E-state index contributed by atoms with van der Waals surface area (Å²) < 4.78 is 66.3. The van der Waals surface area contributed by atoms with E-state index in [0.717, 1.165) is 43.1 Å². The van der Waals surface area contributed by atoms with E-state index in [2.05, 4.69) is 26.2 Å². The maximum atomic E-state index is 13.9. The molecular formula is C30H40BrF4N3O4. The van der Waals surface area contributed by atoms with E-state index in [1.807, 2.05) is 18.4 Å². The predicted molar refractivity (Wildman–Crippen MR) is 160 cm³/mol. The summed E-state index contributed by atoms with van der Waals surface area (Å²) in [5.41, 5.74) is -0.0239. The number of benzene rings is 2. The van der Waals surface area contributed by atoms with Gasteiger partial charge in [-0.1, -0.05) is 35.8 Å². The predicted octanol–water partition coefficient (Wildman–Crippen LogP) is 7.63. The number of ether oxygens (including phenoxy) is 2. The Bertz CT molecular complexity index is 1230. The second-order valence-corrected chi connectivity index (χ2v) is 10.1. The molecule has 0 spiro atoms. The highest BCUT2D eigenvalue weighted by Gasteiger charge is 2.31. The molecule has 0 bridgehead atoms. The van der Waals surface area contributed by atoms with Crippen LogP contribution in [0.1, 0.15) is 68.4 Å². The molecule has 0 saturated heterocycles. The zero-order valence-electron chi connectivity index (χ0n) is 24.2. The topological polar surface area (TPSA) is 85.6 Å². The molecule has 0 aliphatic heterocycles. The fourth-order valence-electron chi connectivity index (χ4n) is 4.63. The molecule has 12 heteroatoms. The van der Waals surface area contributed by atoms with Crippen molar-refractivity contribution < 1.29 is 36.9 Å². The van der Waals surface area contributed by atoms with E-state index < -0.39 is 23.5 Å². The third-order valence-electron chi connectivity index (χ3n) is 6.46. The lowest BCUT2D eigenvalue weighted by atomic mass is 9.86. The number of imidazole rings is 1. The van der Waals surface area contributed by atoms with Crippen LogP contribution in [0.25, 0.3) is 11.0 Å². The van der Waals surface area contributed by atoms with Gasteiger partial charge in [0.25, 0.3) is 5.91 Å². The summed E-state index contributed by atoms with van der Waals surface area (Å²) in [5.74, 6) is -0.601. The first kappa shape index (κ1) is 35.7.